The van der Waals surface area contributed by atoms with Crippen LogP contribution in [0, 0.1) is 0 Å². The Labute approximate surface area is 202 Å². The zero-order valence-electron chi connectivity index (χ0n) is 18.9. The van der Waals surface area contributed by atoms with Crippen LogP contribution in [0.2, 0.25) is 0 Å². The van der Waals surface area contributed by atoms with E-state index >= 15 is 0 Å². The van der Waals surface area contributed by atoms with E-state index in [-0.39, 0.29) is 30.3 Å². The number of nitrogens with zero attached hydrogens (tertiary/aromatic N) is 2. The molecule has 0 bridgehead atoms. The maximum absolute atomic E-state index is 12.6. The zero-order chi connectivity index (χ0) is 23.8. The maximum Gasteiger partial charge on any atom is 0.248 e. The molecule has 2 aromatic carbocycles. The van der Waals surface area contributed by atoms with Gasteiger partial charge in [0, 0.05) is 30.9 Å². The van der Waals surface area contributed by atoms with Crippen molar-refractivity contribution in [3.8, 4) is 11.5 Å². The van der Waals surface area contributed by atoms with Gasteiger partial charge in [0.25, 0.3) is 0 Å². The summed E-state index contributed by atoms with van der Waals surface area (Å²) in [5.41, 5.74) is 1.67. The third kappa shape index (κ3) is 6.84. The fourth-order valence-electron chi connectivity index (χ4n) is 3.39. The molecule has 3 aromatic rings. The topological polar surface area (TPSA) is 87.0 Å². The van der Waals surface area contributed by atoms with Crippen LogP contribution in [0.15, 0.2) is 47.5 Å². The van der Waals surface area contributed by atoms with Crippen LogP contribution in [0.1, 0.15) is 18.4 Å². The van der Waals surface area contributed by atoms with E-state index in [0.29, 0.717) is 22.8 Å². The fourth-order valence-corrected chi connectivity index (χ4v) is 6.26. The molecule has 10 heteroatoms. The number of sulfone groups is 1. The lowest BCUT2D eigenvalue weighted by atomic mass is 10.2. The van der Waals surface area contributed by atoms with Crippen molar-refractivity contribution in [1.82, 2.24) is 4.57 Å². The third-order valence-electron chi connectivity index (χ3n) is 5.00. The van der Waals surface area contributed by atoms with Crippen molar-refractivity contribution in [3.05, 3.63) is 52.8 Å². The van der Waals surface area contributed by atoms with Gasteiger partial charge in [0.2, 0.25) is 5.91 Å². The van der Waals surface area contributed by atoms with Gasteiger partial charge in [-0.1, -0.05) is 41.7 Å². The minimum atomic E-state index is -3.29. The van der Waals surface area contributed by atoms with Crippen LogP contribution in [-0.4, -0.2) is 50.9 Å². The average molecular weight is 509 g/mol. The zero-order valence-corrected chi connectivity index (χ0v) is 21.4. The molecule has 1 aromatic heterocycles. The maximum atomic E-state index is 12.6. The van der Waals surface area contributed by atoms with Gasteiger partial charge in [-0.2, -0.15) is 16.8 Å². The Morgan fingerprint density at radius 3 is 2.48 bits per heavy atom. The standard InChI is InChI=1S/C23H28N2O5S3/c1-29-19-14-18-21(15-20(19)30-2)32-23(25(18)11-12-31-3)24-22(26)10-7-13-33(27,28)16-17-8-5-4-6-9-17/h4-6,8-9,14-15H,7,10-13,16H2,1-3H3. The van der Waals surface area contributed by atoms with Gasteiger partial charge in [0.05, 0.1) is 35.9 Å². The molecule has 33 heavy (non-hydrogen) atoms. The van der Waals surface area contributed by atoms with Crippen molar-refractivity contribution in [2.75, 3.05) is 32.0 Å². The second kappa shape index (κ2) is 11.7. The average Bonchev–Trinajstić information content (AvgIpc) is 3.12. The van der Waals surface area contributed by atoms with Gasteiger partial charge in [0.15, 0.2) is 26.1 Å². The van der Waals surface area contributed by atoms with E-state index in [1.165, 1.54) is 11.3 Å². The molecule has 0 N–H and O–H groups in total. The van der Waals surface area contributed by atoms with Gasteiger partial charge in [-0.05, 0) is 18.2 Å². The molecule has 0 unspecified atom stereocenters. The summed E-state index contributed by atoms with van der Waals surface area (Å²) in [5.74, 6) is 1.70. The van der Waals surface area contributed by atoms with Crippen LogP contribution in [0.4, 0.5) is 0 Å². The summed E-state index contributed by atoms with van der Waals surface area (Å²) in [4.78, 5) is 17.5. The molecule has 0 fully saturated rings. The van der Waals surface area contributed by atoms with Crippen LogP contribution in [-0.2, 0) is 26.9 Å². The number of hydrogen-bond acceptors (Lipinski definition) is 7. The molecule has 0 saturated heterocycles. The predicted octanol–water partition coefficient (Wildman–Crippen LogP) is 3.91. The SMILES string of the molecule is COc1cc2sc(=NC(=O)CCCS(=O)(=O)Cc3ccccc3)n(CCSC)c2cc1OC. The number of ether oxygens (including phenoxy) is 2. The van der Waals surface area contributed by atoms with Crippen molar-refractivity contribution in [3.63, 3.8) is 0 Å². The lowest BCUT2D eigenvalue weighted by molar-refractivity contribution is -0.118. The van der Waals surface area contributed by atoms with E-state index in [0.717, 1.165) is 21.5 Å². The van der Waals surface area contributed by atoms with Crippen molar-refractivity contribution in [2.24, 2.45) is 4.99 Å². The number of thiazole rings is 1. The van der Waals surface area contributed by atoms with Crippen molar-refractivity contribution in [2.45, 2.75) is 25.1 Å². The highest BCUT2D eigenvalue weighted by molar-refractivity contribution is 7.98. The number of fused-ring (bicyclic) bond motifs is 1. The molecule has 3 rings (SSSR count). The van der Waals surface area contributed by atoms with Gasteiger partial charge >= 0.3 is 0 Å². The summed E-state index contributed by atoms with van der Waals surface area (Å²) < 4.78 is 38.5. The Morgan fingerprint density at radius 1 is 1.12 bits per heavy atom. The third-order valence-corrected chi connectivity index (χ3v) is 8.32. The van der Waals surface area contributed by atoms with Crippen molar-refractivity contribution in [1.29, 1.82) is 0 Å². The molecule has 1 heterocycles. The molecule has 0 spiro atoms. The van der Waals surface area contributed by atoms with E-state index in [9.17, 15) is 13.2 Å². The highest BCUT2D eigenvalue weighted by atomic mass is 32.2. The minimum absolute atomic E-state index is 0.0200. The molecule has 0 aliphatic rings. The fraction of sp³-hybridized carbons (Fsp3) is 0.391. The van der Waals surface area contributed by atoms with Gasteiger partial charge < -0.3 is 14.0 Å². The summed E-state index contributed by atoms with van der Waals surface area (Å²) >= 11 is 3.11. The van der Waals surface area contributed by atoms with Gasteiger partial charge in [0.1, 0.15) is 0 Å². The van der Waals surface area contributed by atoms with Crippen LogP contribution in [0.3, 0.4) is 0 Å². The first-order valence-electron chi connectivity index (χ1n) is 10.4. The largest absolute Gasteiger partial charge is 0.493 e. The van der Waals surface area contributed by atoms with E-state index in [4.69, 9.17) is 9.47 Å². The number of aromatic nitrogens is 1. The number of aryl methyl sites for hydroxylation is 1. The molecule has 0 aliphatic carbocycles. The number of thioether (sulfide) groups is 1. The summed E-state index contributed by atoms with van der Waals surface area (Å²) in [7, 11) is -0.117. The number of rotatable bonds is 11. The molecule has 0 radical (unpaired) electrons. The molecule has 7 nitrogen and oxygen atoms in total. The molecule has 178 valence electrons. The van der Waals surface area contributed by atoms with E-state index in [2.05, 4.69) is 4.99 Å². The van der Waals surface area contributed by atoms with E-state index in [1.54, 1.807) is 38.1 Å². The van der Waals surface area contributed by atoms with Crippen LogP contribution >= 0.6 is 23.1 Å². The number of benzene rings is 2. The number of methoxy groups -OCH3 is 2. The monoisotopic (exact) mass is 508 g/mol. The summed E-state index contributed by atoms with van der Waals surface area (Å²) in [6.45, 7) is 0.689. The second-order valence-corrected chi connectivity index (χ2v) is 11.6. The Balaban J connectivity index is 1.77. The van der Waals surface area contributed by atoms with E-state index < -0.39 is 9.84 Å². The Bertz CT molecular complexity index is 1260. The molecule has 0 atom stereocenters. The molecular formula is C23H28N2O5S3. The van der Waals surface area contributed by atoms with Gasteiger partial charge in [-0.3, -0.25) is 4.79 Å². The predicted molar refractivity (Wildman–Crippen MR) is 135 cm³/mol. The first-order valence-corrected chi connectivity index (χ1v) is 14.5. The van der Waals surface area contributed by atoms with Crippen molar-refractivity contribution >= 4 is 49.1 Å². The lowest BCUT2D eigenvalue weighted by Crippen LogP contribution is -2.18. The molecule has 1 amide bonds. The highest BCUT2D eigenvalue weighted by Gasteiger charge is 2.15. The smallest absolute Gasteiger partial charge is 0.248 e. The van der Waals surface area contributed by atoms with Gasteiger partial charge in [-0.15, -0.1) is 0 Å². The molecule has 0 saturated carbocycles. The van der Waals surface area contributed by atoms with Crippen LogP contribution in [0.5, 0.6) is 11.5 Å². The summed E-state index contributed by atoms with van der Waals surface area (Å²) in [5, 5.41) is 0. The Hall–Kier alpha value is -2.30. The first-order chi connectivity index (χ1) is 15.9. The Morgan fingerprint density at radius 2 is 1.82 bits per heavy atom. The van der Waals surface area contributed by atoms with E-state index in [1.807, 2.05) is 41.2 Å². The summed E-state index contributed by atoms with van der Waals surface area (Å²) in [6.07, 6.45) is 2.35. The first kappa shape index (κ1) is 25.3. The molecular weight excluding hydrogens is 480 g/mol. The van der Waals surface area contributed by atoms with Gasteiger partial charge in [-0.25, -0.2) is 8.42 Å². The lowest BCUT2D eigenvalue weighted by Gasteiger charge is -2.09. The quantitative estimate of drug-likeness (QED) is 0.390. The van der Waals surface area contributed by atoms with Crippen LogP contribution < -0.4 is 14.3 Å². The van der Waals surface area contributed by atoms with Crippen LogP contribution in [0.25, 0.3) is 10.2 Å². The summed E-state index contributed by atoms with van der Waals surface area (Å²) in [6, 6.07) is 12.8. The molecule has 0 aliphatic heterocycles. The Kier molecular flexibility index (Phi) is 8.99. The normalized spacial score (nSPS) is 12.3. The number of amides is 1. The number of carbonyl (C=O) groups is 1. The highest BCUT2D eigenvalue weighted by Crippen LogP contribution is 2.33. The van der Waals surface area contributed by atoms with Crippen molar-refractivity contribution < 1.29 is 22.7 Å². The number of carbonyl (C=O) groups excluding carboxylic acids is 1. The minimum Gasteiger partial charge on any atom is -0.493 e. The second-order valence-electron chi connectivity index (χ2n) is 7.39. The number of hydrogen-bond donors (Lipinski definition) is 0.